The molecule has 2 aromatic rings. The Bertz CT molecular complexity index is 786. The second kappa shape index (κ2) is 6.00. The van der Waals surface area contributed by atoms with Crippen LogP contribution in [-0.2, 0) is 9.53 Å². The Morgan fingerprint density at radius 1 is 1.26 bits per heavy atom. The highest BCUT2D eigenvalue weighted by Crippen LogP contribution is 2.32. The number of ether oxygens (including phenoxy) is 1. The van der Waals surface area contributed by atoms with Crippen molar-refractivity contribution in [2.45, 2.75) is 12.8 Å². The van der Waals surface area contributed by atoms with E-state index in [4.69, 9.17) is 4.74 Å². The molecule has 1 amide bonds. The van der Waals surface area contributed by atoms with Crippen LogP contribution in [0.25, 0.3) is 0 Å². The van der Waals surface area contributed by atoms with Gasteiger partial charge in [-0.3, -0.25) is 9.59 Å². The van der Waals surface area contributed by atoms with E-state index in [2.05, 4.69) is 10.3 Å². The summed E-state index contributed by atoms with van der Waals surface area (Å²) in [6, 6.07) is 9.81. The Hall–Kier alpha value is -3.02. The van der Waals surface area contributed by atoms with Crippen LogP contribution in [0.15, 0.2) is 42.6 Å². The highest BCUT2D eigenvalue weighted by Gasteiger charge is 2.27. The molecular formula is C17H14N2O4. The molecule has 3 rings (SSSR count). The van der Waals surface area contributed by atoms with Crippen LogP contribution in [0, 0.1) is 0 Å². The number of amides is 1. The lowest BCUT2D eigenvalue weighted by atomic mass is 9.99. The predicted octanol–water partition coefficient (Wildman–Crippen LogP) is 2.18. The number of aromatic nitrogens is 1. The van der Waals surface area contributed by atoms with Crippen molar-refractivity contribution >= 4 is 23.3 Å². The van der Waals surface area contributed by atoms with E-state index < -0.39 is 5.97 Å². The molecule has 1 aliphatic heterocycles. The smallest absolute Gasteiger partial charge is 0.357 e. The number of anilines is 1. The van der Waals surface area contributed by atoms with E-state index in [0.29, 0.717) is 11.3 Å². The minimum Gasteiger partial charge on any atom is -0.453 e. The fourth-order valence-electron chi connectivity index (χ4n) is 2.36. The number of rotatable bonds is 4. The largest absolute Gasteiger partial charge is 0.453 e. The Balaban J connectivity index is 1.68. The molecule has 1 aromatic heterocycles. The summed E-state index contributed by atoms with van der Waals surface area (Å²) in [5, 5.41) is 2.74. The molecule has 0 bridgehead atoms. The number of nitrogens with one attached hydrogen (secondary N) is 1. The van der Waals surface area contributed by atoms with Gasteiger partial charge in [-0.25, -0.2) is 9.78 Å². The molecule has 0 spiro atoms. The lowest BCUT2D eigenvalue weighted by Crippen LogP contribution is -2.15. The zero-order valence-electron chi connectivity index (χ0n) is 12.4. The molecule has 0 aliphatic carbocycles. The summed E-state index contributed by atoms with van der Waals surface area (Å²) >= 11 is 0. The summed E-state index contributed by atoms with van der Waals surface area (Å²) < 4.78 is 4.98. The first kappa shape index (κ1) is 14.9. The molecule has 0 saturated carbocycles. The van der Waals surface area contributed by atoms with Gasteiger partial charge >= 0.3 is 5.97 Å². The topological polar surface area (TPSA) is 85.4 Å². The normalized spacial score (nSPS) is 15.7. The number of nitrogens with zero attached hydrogens (tertiary/aromatic N) is 1. The van der Waals surface area contributed by atoms with Gasteiger partial charge < -0.3 is 10.1 Å². The molecule has 23 heavy (non-hydrogen) atoms. The average molecular weight is 310 g/mol. The van der Waals surface area contributed by atoms with Crippen LogP contribution >= 0.6 is 0 Å². The van der Waals surface area contributed by atoms with Crippen molar-refractivity contribution in [1.82, 2.24) is 4.98 Å². The van der Waals surface area contributed by atoms with E-state index in [1.165, 1.54) is 12.3 Å². The van der Waals surface area contributed by atoms with Crippen molar-refractivity contribution < 1.29 is 19.1 Å². The van der Waals surface area contributed by atoms with Gasteiger partial charge in [0.25, 0.3) is 0 Å². The van der Waals surface area contributed by atoms with Gasteiger partial charge in [0.2, 0.25) is 5.91 Å². The monoisotopic (exact) mass is 310 g/mol. The number of hydrogen-bond donors (Lipinski definition) is 1. The van der Waals surface area contributed by atoms with Gasteiger partial charge in [0.15, 0.2) is 12.4 Å². The number of esters is 1. The summed E-state index contributed by atoms with van der Waals surface area (Å²) in [6.07, 6.45) is 1.48. The van der Waals surface area contributed by atoms with Gasteiger partial charge in [0.05, 0.1) is 5.92 Å². The van der Waals surface area contributed by atoms with E-state index in [1.807, 2.05) is 0 Å². The average Bonchev–Trinajstić information content (AvgIpc) is 2.87. The van der Waals surface area contributed by atoms with Crippen LogP contribution < -0.4 is 5.32 Å². The van der Waals surface area contributed by atoms with Gasteiger partial charge in [-0.1, -0.05) is 6.07 Å². The van der Waals surface area contributed by atoms with Crippen LogP contribution in [0.2, 0.25) is 0 Å². The number of benzene rings is 1. The van der Waals surface area contributed by atoms with Crippen molar-refractivity contribution in [3.63, 3.8) is 0 Å². The molecule has 0 fully saturated rings. The third kappa shape index (κ3) is 2.96. The summed E-state index contributed by atoms with van der Waals surface area (Å²) in [4.78, 5) is 39.4. The molecule has 0 unspecified atom stereocenters. The van der Waals surface area contributed by atoms with E-state index in [0.717, 1.165) is 5.56 Å². The van der Waals surface area contributed by atoms with Gasteiger partial charge in [-0.05, 0) is 42.8 Å². The summed E-state index contributed by atoms with van der Waals surface area (Å²) in [6.45, 7) is 1.40. The number of hydrogen-bond acceptors (Lipinski definition) is 5. The second-order valence-corrected chi connectivity index (χ2v) is 5.23. The first-order valence-electron chi connectivity index (χ1n) is 7.12. The van der Waals surface area contributed by atoms with Gasteiger partial charge in [0, 0.05) is 17.4 Å². The lowest BCUT2D eigenvalue weighted by Gasteiger charge is -2.06. The molecular weight excluding hydrogens is 296 g/mol. The Kier molecular flexibility index (Phi) is 3.89. The third-order valence-electron chi connectivity index (χ3n) is 3.70. The number of ketones is 1. The fourth-order valence-corrected chi connectivity index (χ4v) is 2.36. The third-order valence-corrected chi connectivity index (χ3v) is 3.70. The minimum absolute atomic E-state index is 0.0915. The lowest BCUT2D eigenvalue weighted by molar-refractivity contribution is -0.116. The molecule has 0 saturated heterocycles. The maximum Gasteiger partial charge on any atom is 0.357 e. The van der Waals surface area contributed by atoms with Crippen LogP contribution in [0.3, 0.4) is 0 Å². The first-order valence-corrected chi connectivity index (χ1v) is 7.12. The van der Waals surface area contributed by atoms with Crippen molar-refractivity contribution in [3.8, 4) is 0 Å². The summed E-state index contributed by atoms with van der Waals surface area (Å²) in [7, 11) is 0. The van der Waals surface area contributed by atoms with E-state index in [9.17, 15) is 14.4 Å². The Morgan fingerprint density at radius 2 is 2.09 bits per heavy atom. The molecule has 1 atom stereocenters. The van der Waals surface area contributed by atoms with Gasteiger partial charge in [0.1, 0.15) is 5.69 Å². The molecule has 0 radical (unpaired) electrons. The number of pyridine rings is 1. The van der Waals surface area contributed by atoms with Crippen LogP contribution in [0.1, 0.15) is 39.3 Å². The first-order chi connectivity index (χ1) is 11.1. The van der Waals surface area contributed by atoms with E-state index >= 15 is 0 Å². The van der Waals surface area contributed by atoms with E-state index in [1.54, 1.807) is 37.3 Å². The number of Topliss-reactive ketones (excluding diaryl/α,β-unsaturated/α-hetero) is 1. The quantitative estimate of drug-likeness (QED) is 0.691. The highest BCUT2D eigenvalue weighted by atomic mass is 16.5. The van der Waals surface area contributed by atoms with Crippen molar-refractivity contribution in [3.05, 3.63) is 59.4 Å². The molecule has 6 nitrogen and oxygen atoms in total. The van der Waals surface area contributed by atoms with Crippen LogP contribution in [-0.4, -0.2) is 29.3 Å². The highest BCUT2D eigenvalue weighted by molar-refractivity contribution is 6.05. The molecule has 116 valence electrons. The second-order valence-electron chi connectivity index (χ2n) is 5.23. The standard InChI is InChI=1S/C17H14N2O4/c1-10-12-8-11(5-6-13(12)19-16(10)21)15(20)9-23-17(22)14-4-2-3-7-18-14/h2-8,10H,9H2,1H3,(H,19,21)/t10-/m1/s1. The van der Waals surface area contributed by atoms with Crippen molar-refractivity contribution in [2.75, 3.05) is 11.9 Å². The van der Waals surface area contributed by atoms with Crippen LogP contribution in [0.5, 0.6) is 0 Å². The molecule has 1 N–H and O–H groups in total. The molecule has 1 aliphatic rings. The van der Waals surface area contributed by atoms with Crippen LogP contribution in [0.4, 0.5) is 5.69 Å². The summed E-state index contributed by atoms with van der Waals surface area (Å²) in [5.41, 5.74) is 2.04. The zero-order chi connectivity index (χ0) is 16.4. The summed E-state index contributed by atoms with van der Waals surface area (Å²) in [5.74, 6) is -1.37. The van der Waals surface area contributed by atoms with Gasteiger partial charge in [-0.15, -0.1) is 0 Å². The zero-order valence-corrected chi connectivity index (χ0v) is 12.4. The number of carbonyl (C=O) groups is 3. The molecule has 2 heterocycles. The number of fused-ring (bicyclic) bond motifs is 1. The maximum absolute atomic E-state index is 12.2. The Morgan fingerprint density at radius 3 is 2.83 bits per heavy atom. The van der Waals surface area contributed by atoms with E-state index in [-0.39, 0.29) is 29.9 Å². The number of carbonyl (C=O) groups excluding carboxylic acids is 3. The minimum atomic E-state index is -0.648. The SMILES string of the molecule is C[C@H]1C(=O)Nc2ccc(C(=O)COC(=O)c3ccccn3)cc21. The fraction of sp³-hybridized carbons (Fsp3) is 0.176. The maximum atomic E-state index is 12.2. The molecule has 1 aromatic carbocycles. The van der Waals surface area contributed by atoms with Crippen molar-refractivity contribution in [1.29, 1.82) is 0 Å². The van der Waals surface area contributed by atoms with Gasteiger partial charge in [-0.2, -0.15) is 0 Å². The Labute approximate surface area is 132 Å². The predicted molar refractivity (Wildman–Crippen MR) is 82.3 cm³/mol. The van der Waals surface area contributed by atoms with Crippen molar-refractivity contribution in [2.24, 2.45) is 0 Å². The molecule has 6 heteroatoms.